The summed E-state index contributed by atoms with van der Waals surface area (Å²) in [4.78, 5) is 5.40. The molecule has 0 N–H and O–H groups in total. The van der Waals surface area contributed by atoms with Crippen molar-refractivity contribution in [2.45, 2.75) is 19.8 Å². The lowest BCUT2D eigenvalue weighted by Gasteiger charge is -2.14. The fourth-order valence-electron chi connectivity index (χ4n) is 5.56. The Bertz CT molecular complexity index is 1860. The van der Waals surface area contributed by atoms with Gasteiger partial charge in [-0.3, -0.25) is 0 Å². The number of para-hydroxylation sites is 4. The molecule has 0 aliphatic carbocycles. The second-order valence-electron chi connectivity index (χ2n) is 9.45. The Morgan fingerprint density at radius 3 is 1.63 bits per heavy atom. The van der Waals surface area contributed by atoms with Gasteiger partial charge in [0.05, 0.1) is 33.3 Å². The quantitative estimate of drug-likeness (QED) is 0.264. The summed E-state index contributed by atoms with van der Waals surface area (Å²) in [5.41, 5.74) is 9.25. The van der Waals surface area contributed by atoms with Crippen LogP contribution in [0.25, 0.3) is 55.1 Å². The van der Waals surface area contributed by atoms with Crippen molar-refractivity contribution in [2.24, 2.45) is 0 Å². The fraction of sp³-hybridized carbons (Fsp3) is 0.0938. The number of fused-ring (bicyclic) bond motifs is 7. The van der Waals surface area contributed by atoms with Crippen molar-refractivity contribution in [1.29, 1.82) is 0 Å². The van der Waals surface area contributed by atoms with Crippen molar-refractivity contribution in [3.05, 3.63) is 115 Å². The highest BCUT2D eigenvalue weighted by Crippen LogP contribution is 2.43. The van der Waals surface area contributed by atoms with Gasteiger partial charge in [-0.2, -0.15) is 0 Å². The van der Waals surface area contributed by atoms with E-state index in [1.807, 2.05) is 0 Å². The third-order valence-electron chi connectivity index (χ3n) is 7.01. The SMILES string of the molecule is CC(C)c1nc2c3ccccc3n(-c3ccccc3)c2c2c1c1ccccc1n2-c1ccccc1. The zero-order valence-electron chi connectivity index (χ0n) is 19.8. The highest BCUT2D eigenvalue weighted by molar-refractivity contribution is 6.23. The van der Waals surface area contributed by atoms with Gasteiger partial charge in [-0.1, -0.05) is 86.6 Å². The van der Waals surface area contributed by atoms with Crippen LogP contribution < -0.4 is 0 Å². The van der Waals surface area contributed by atoms with Crippen LogP contribution in [0.3, 0.4) is 0 Å². The Balaban J connectivity index is 1.85. The minimum Gasteiger partial charge on any atom is -0.307 e. The van der Waals surface area contributed by atoms with E-state index in [1.54, 1.807) is 0 Å². The molecule has 3 heteroatoms. The van der Waals surface area contributed by atoms with Gasteiger partial charge in [-0.15, -0.1) is 0 Å². The molecule has 3 heterocycles. The molecule has 0 unspecified atom stereocenters. The summed E-state index contributed by atoms with van der Waals surface area (Å²) < 4.78 is 4.82. The number of rotatable bonds is 3. The first kappa shape index (κ1) is 20.0. The molecule has 0 bridgehead atoms. The summed E-state index contributed by atoms with van der Waals surface area (Å²) >= 11 is 0. The molecule has 7 aromatic rings. The summed E-state index contributed by atoms with van der Waals surface area (Å²) in [5, 5.41) is 3.67. The van der Waals surface area contributed by atoms with Gasteiger partial charge >= 0.3 is 0 Å². The average molecular weight is 452 g/mol. The molecule has 0 aliphatic heterocycles. The highest BCUT2D eigenvalue weighted by Gasteiger charge is 2.25. The topological polar surface area (TPSA) is 22.8 Å². The molecular formula is C32H25N3. The number of aromatic nitrogens is 3. The van der Waals surface area contributed by atoms with E-state index in [0.717, 1.165) is 28.1 Å². The third-order valence-corrected chi connectivity index (χ3v) is 7.01. The van der Waals surface area contributed by atoms with Crippen molar-refractivity contribution >= 4 is 43.7 Å². The Hall–Kier alpha value is -4.37. The molecule has 7 rings (SSSR count). The van der Waals surface area contributed by atoms with E-state index in [0.29, 0.717) is 0 Å². The highest BCUT2D eigenvalue weighted by atomic mass is 15.1. The van der Waals surface area contributed by atoms with Crippen LogP contribution >= 0.6 is 0 Å². The maximum atomic E-state index is 5.40. The van der Waals surface area contributed by atoms with Crippen molar-refractivity contribution in [3.63, 3.8) is 0 Å². The lowest BCUT2D eigenvalue weighted by Crippen LogP contribution is -2.01. The van der Waals surface area contributed by atoms with Crippen LogP contribution in [0.5, 0.6) is 0 Å². The standard InChI is InChI=1S/C32H25N3/c1-21(2)29-28-24-17-9-11-19-26(24)34(22-13-5-3-6-14-22)31(28)32-30(33-29)25-18-10-12-20-27(25)35(32)23-15-7-4-8-16-23/h3-21H,1-2H3. The van der Waals surface area contributed by atoms with Crippen LogP contribution in [0.1, 0.15) is 25.5 Å². The molecule has 3 nitrogen and oxygen atoms in total. The van der Waals surface area contributed by atoms with Gasteiger partial charge in [0.15, 0.2) is 0 Å². The van der Waals surface area contributed by atoms with E-state index in [-0.39, 0.29) is 5.92 Å². The van der Waals surface area contributed by atoms with Gasteiger partial charge < -0.3 is 9.13 Å². The van der Waals surface area contributed by atoms with Crippen LogP contribution in [0.2, 0.25) is 0 Å². The van der Waals surface area contributed by atoms with Gasteiger partial charge in [-0.05, 0) is 42.3 Å². The molecule has 0 fully saturated rings. The molecule has 0 amide bonds. The molecule has 168 valence electrons. The van der Waals surface area contributed by atoms with Crippen LogP contribution in [0.15, 0.2) is 109 Å². The van der Waals surface area contributed by atoms with Crippen LogP contribution in [-0.2, 0) is 0 Å². The normalized spacial score (nSPS) is 12.0. The van der Waals surface area contributed by atoms with E-state index in [4.69, 9.17) is 4.98 Å². The zero-order chi connectivity index (χ0) is 23.5. The molecule has 0 aliphatic rings. The van der Waals surface area contributed by atoms with Gasteiger partial charge in [0.2, 0.25) is 0 Å². The first-order valence-electron chi connectivity index (χ1n) is 12.2. The number of pyridine rings is 1. The summed E-state index contributed by atoms with van der Waals surface area (Å²) in [5.74, 6) is 0.288. The van der Waals surface area contributed by atoms with Crippen molar-refractivity contribution < 1.29 is 0 Å². The maximum Gasteiger partial charge on any atom is 0.0989 e. The Labute approximate surface area is 203 Å². The predicted molar refractivity (Wildman–Crippen MR) is 147 cm³/mol. The molecule has 3 aromatic heterocycles. The predicted octanol–water partition coefficient (Wildman–Crippen LogP) is 8.40. The molecule has 0 saturated carbocycles. The van der Waals surface area contributed by atoms with E-state index in [1.165, 1.54) is 32.7 Å². The van der Waals surface area contributed by atoms with Gasteiger partial charge in [0.1, 0.15) is 0 Å². The monoisotopic (exact) mass is 451 g/mol. The molecular weight excluding hydrogens is 426 g/mol. The van der Waals surface area contributed by atoms with Gasteiger partial charge in [-0.25, -0.2) is 4.98 Å². The lowest BCUT2D eigenvalue weighted by molar-refractivity contribution is 0.841. The third kappa shape index (κ3) is 2.82. The second kappa shape index (κ2) is 7.57. The number of nitrogens with zero attached hydrogens (tertiary/aromatic N) is 3. The largest absolute Gasteiger partial charge is 0.307 e. The fourth-order valence-corrected chi connectivity index (χ4v) is 5.56. The van der Waals surface area contributed by atoms with Crippen molar-refractivity contribution in [2.75, 3.05) is 0 Å². The molecule has 35 heavy (non-hydrogen) atoms. The smallest absolute Gasteiger partial charge is 0.0989 e. The van der Waals surface area contributed by atoms with Gasteiger partial charge in [0.25, 0.3) is 0 Å². The second-order valence-corrected chi connectivity index (χ2v) is 9.45. The maximum absolute atomic E-state index is 5.40. The molecule has 0 radical (unpaired) electrons. The Kier molecular flexibility index (Phi) is 4.34. The van der Waals surface area contributed by atoms with Crippen LogP contribution in [0, 0.1) is 0 Å². The first-order chi connectivity index (χ1) is 17.2. The number of hydrogen-bond acceptors (Lipinski definition) is 1. The molecule has 0 saturated heterocycles. The summed E-state index contributed by atoms with van der Waals surface area (Å²) in [6.45, 7) is 4.50. The summed E-state index contributed by atoms with van der Waals surface area (Å²) in [6, 6.07) is 38.7. The zero-order valence-corrected chi connectivity index (χ0v) is 19.8. The van der Waals surface area contributed by atoms with Gasteiger partial charge in [0, 0.05) is 27.5 Å². The van der Waals surface area contributed by atoms with Crippen LogP contribution in [-0.4, -0.2) is 14.1 Å². The minimum atomic E-state index is 0.288. The van der Waals surface area contributed by atoms with Crippen LogP contribution in [0.4, 0.5) is 0 Å². The Morgan fingerprint density at radius 2 is 1.03 bits per heavy atom. The van der Waals surface area contributed by atoms with E-state index >= 15 is 0 Å². The lowest BCUT2D eigenvalue weighted by atomic mass is 10.0. The number of hydrogen-bond donors (Lipinski definition) is 0. The number of benzene rings is 4. The summed E-state index contributed by atoms with van der Waals surface area (Å²) in [7, 11) is 0. The van der Waals surface area contributed by atoms with E-state index in [9.17, 15) is 0 Å². The molecule has 0 atom stereocenters. The molecule has 0 spiro atoms. The minimum absolute atomic E-state index is 0.288. The van der Waals surface area contributed by atoms with Crippen molar-refractivity contribution in [1.82, 2.24) is 14.1 Å². The van der Waals surface area contributed by atoms with Crippen molar-refractivity contribution in [3.8, 4) is 11.4 Å². The molecule has 4 aromatic carbocycles. The van der Waals surface area contributed by atoms with E-state index < -0.39 is 0 Å². The first-order valence-corrected chi connectivity index (χ1v) is 12.2. The van der Waals surface area contributed by atoms with E-state index in [2.05, 4.69) is 132 Å². The Morgan fingerprint density at radius 1 is 0.543 bits per heavy atom. The average Bonchev–Trinajstić information content (AvgIpc) is 3.42. The summed E-state index contributed by atoms with van der Waals surface area (Å²) in [6.07, 6.45) is 0.